The summed E-state index contributed by atoms with van der Waals surface area (Å²) in [4.78, 5) is 0. The van der Waals surface area contributed by atoms with Crippen LogP contribution in [-0.2, 0) is 0 Å². The van der Waals surface area contributed by atoms with Gasteiger partial charge in [-0.3, -0.25) is 0 Å². The van der Waals surface area contributed by atoms with Crippen LogP contribution in [0.4, 0.5) is 0 Å². The lowest BCUT2D eigenvalue weighted by molar-refractivity contribution is -0.934. The second kappa shape index (κ2) is 8.38. The highest BCUT2D eigenvalue weighted by molar-refractivity contribution is 5.39. The zero-order valence-electron chi connectivity index (χ0n) is 16.7. The van der Waals surface area contributed by atoms with E-state index in [1.807, 2.05) is 0 Å². The van der Waals surface area contributed by atoms with Gasteiger partial charge in [0.05, 0.1) is 19.6 Å². The van der Waals surface area contributed by atoms with E-state index in [0.717, 1.165) is 18.9 Å². The minimum absolute atomic E-state index is 0.373. The predicted molar refractivity (Wildman–Crippen MR) is 104 cm³/mol. The van der Waals surface area contributed by atoms with Crippen molar-refractivity contribution >= 4 is 0 Å². The van der Waals surface area contributed by atoms with Gasteiger partial charge in [0.25, 0.3) is 0 Å². The minimum Gasteiger partial charge on any atom is -0.487 e. The van der Waals surface area contributed by atoms with Crippen LogP contribution in [0.3, 0.4) is 0 Å². The van der Waals surface area contributed by atoms with Gasteiger partial charge in [-0.05, 0) is 50.7 Å². The van der Waals surface area contributed by atoms with Gasteiger partial charge in [-0.15, -0.1) is 0 Å². The molecule has 1 heterocycles. The first-order valence-electron chi connectivity index (χ1n) is 9.86. The first-order valence-corrected chi connectivity index (χ1v) is 9.86. The predicted octanol–water partition coefficient (Wildman–Crippen LogP) is 5.51. The van der Waals surface area contributed by atoms with Crippen LogP contribution < -0.4 is 4.74 Å². The van der Waals surface area contributed by atoms with Crippen LogP contribution in [0.25, 0.3) is 0 Å². The fourth-order valence-electron chi connectivity index (χ4n) is 4.37. The van der Waals surface area contributed by atoms with Crippen LogP contribution in [0.1, 0.15) is 64.0 Å². The van der Waals surface area contributed by atoms with Gasteiger partial charge < -0.3 is 9.22 Å². The molecular formula is C22H38NO+. The van der Waals surface area contributed by atoms with Crippen LogP contribution >= 0.6 is 0 Å². The van der Waals surface area contributed by atoms with E-state index < -0.39 is 0 Å². The van der Waals surface area contributed by atoms with Gasteiger partial charge in [-0.2, -0.15) is 0 Å². The summed E-state index contributed by atoms with van der Waals surface area (Å²) in [7, 11) is 0. The highest BCUT2D eigenvalue weighted by Gasteiger charge is 2.33. The monoisotopic (exact) mass is 332 g/mol. The van der Waals surface area contributed by atoms with Crippen molar-refractivity contribution in [2.24, 2.45) is 5.41 Å². The summed E-state index contributed by atoms with van der Waals surface area (Å²) in [6, 6.07) is 6.42. The molecule has 0 bridgehead atoms. The van der Waals surface area contributed by atoms with E-state index in [9.17, 15) is 0 Å². The summed E-state index contributed by atoms with van der Waals surface area (Å²) in [5.74, 6) is 1.10. The SMILES string of the molecule is Cc1cccc(C)c1OCC[N+]1(CC(C)(C)C)CCCCCCC1. The Morgan fingerprint density at radius 1 is 0.917 bits per heavy atom. The summed E-state index contributed by atoms with van der Waals surface area (Å²) < 4.78 is 7.51. The Morgan fingerprint density at radius 3 is 2.00 bits per heavy atom. The average Bonchev–Trinajstić information content (AvgIpc) is 2.45. The van der Waals surface area contributed by atoms with Crippen molar-refractivity contribution in [2.75, 3.05) is 32.8 Å². The fourth-order valence-corrected chi connectivity index (χ4v) is 4.37. The van der Waals surface area contributed by atoms with Gasteiger partial charge in [0.1, 0.15) is 18.9 Å². The molecule has 0 atom stereocenters. The first-order chi connectivity index (χ1) is 11.3. The van der Waals surface area contributed by atoms with Gasteiger partial charge in [-0.1, -0.05) is 45.4 Å². The number of hydrogen-bond donors (Lipinski definition) is 0. The molecule has 2 heteroatoms. The summed E-state index contributed by atoms with van der Waals surface area (Å²) in [6.07, 6.45) is 6.98. The van der Waals surface area contributed by atoms with Gasteiger partial charge in [0.2, 0.25) is 0 Å². The molecule has 1 aliphatic rings. The Morgan fingerprint density at radius 2 is 1.46 bits per heavy atom. The number of likely N-dealkylation sites (tertiary alicyclic amines) is 1. The molecule has 136 valence electrons. The smallest absolute Gasteiger partial charge is 0.137 e. The lowest BCUT2D eigenvalue weighted by Crippen LogP contribution is -2.55. The van der Waals surface area contributed by atoms with Crippen LogP contribution in [0.15, 0.2) is 18.2 Å². The van der Waals surface area contributed by atoms with E-state index in [1.165, 1.54) is 67.3 Å². The maximum absolute atomic E-state index is 6.27. The molecule has 0 saturated carbocycles. The molecule has 0 N–H and O–H groups in total. The Labute approximate surface area is 149 Å². The summed E-state index contributed by atoms with van der Waals surface area (Å²) in [5, 5.41) is 0. The highest BCUT2D eigenvalue weighted by Crippen LogP contribution is 2.27. The van der Waals surface area contributed by atoms with Crippen molar-refractivity contribution in [1.82, 2.24) is 0 Å². The van der Waals surface area contributed by atoms with E-state index in [-0.39, 0.29) is 0 Å². The zero-order valence-corrected chi connectivity index (χ0v) is 16.7. The molecule has 0 unspecified atom stereocenters. The van der Waals surface area contributed by atoms with Crippen LogP contribution in [0.2, 0.25) is 0 Å². The third-order valence-electron chi connectivity index (χ3n) is 5.30. The number of para-hydroxylation sites is 1. The molecule has 2 nitrogen and oxygen atoms in total. The van der Waals surface area contributed by atoms with E-state index >= 15 is 0 Å². The maximum atomic E-state index is 6.27. The van der Waals surface area contributed by atoms with Crippen molar-refractivity contribution in [3.05, 3.63) is 29.3 Å². The number of rotatable bonds is 5. The summed E-state index contributed by atoms with van der Waals surface area (Å²) in [5.41, 5.74) is 2.88. The fraction of sp³-hybridized carbons (Fsp3) is 0.727. The normalized spacial score (nSPS) is 18.7. The number of ether oxygens (including phenoxy) is 1. The molecule has 1 fully saturated rings. The summed E-state index contributed by atoms with van der Waals surface area (Å²) >= 11 is 0. The van der Waals surface area contributed by atoms with E-state index in [2.05, 4.69) is 52.8 Å². The van der Waals surface area contributed by atoms with Crippen molar-refractivity contribution in [3.8, 4) is 5.75 Å². The molecule has 24 heavy (non-hydrogen) atoms. The Bertz CT molecular complexity index is 487. The second-order valence-corrected chi connectivity index (χ2v) is 9.07. The standard InChI is InChI=1S/C22H38NO/c1-19-12-11-13-20(2)21(19)24-17-16-23(18-22(3,4)5)14-9-7-6-8-10-15-23/h11-13H,6-10,14-18H2,1-5H3/q+1. The van der Waals surface area contributed by atoms with Gasteiger partial charge >= 0.3 is 0 Å². The lowest BCUT2D eigenvalue weighted by Gasteiger charge is -2.43. The molecule has 0 aromatic heterocycles. The average molecular weight is 333 g/mol. The number of aryl methyl sites for hydroxylation is 2. The minimum atomic E-state index is 0.373. The maximum Gasteiger partial charge on any atom is 0.137 e. The number of nitrogens with zero attached hydrogens (tertiary/aromatic N) is 1. The highest BCUT2D eigenvalue weighted by atomic mass is 16.5. The number of hydrogen-bond acceptors (Lipinski definition) is 1. The van der Waals surface area contributed by atoms with E-state index in [4.69, 9.17) is 4.74 Å². The third kappa shape index (κ3) is 5.81. The van der Waals surface area contributed by atoms with Crippen LogP contribution in [0, 0.1) is 19.3 Å². The molecular weight excluding hydrogens is 294 g/mol. The van der Waals surface area contributed by atoms with Crippen molar-refractivity contribution < 1.29 is 9.22 Å². The van der Waals surface area contributed by atoms with Crippen molar-refractivity contribution in [2.45, 2.75) is 66.7 Å². The third-order valence-corrected chi connectivity index (χ3v) is 5.30. The topological polar surface area (TPSA) is 9.23 Å². The molecule has 0 amide bonds. The number of benzene rings is 1. The number of quaternary nitrogens is 1. The molecule has 1 aromatic rings. The van der Waals surface area contributed by atoms with Gasteiger partial charge in [0, 0.05) is 5.41 Å². The molecule has 1 saturated heterocycles. The Balaban J connectivity index is 2.04. The largest absolute Gasteiger partial charge is 0.487 e. The van der Waals surface area contributed by atoms with E-state index in [1.54, 1.807) is 0 Å². The molecule has 1 aromatic carbocycles. The first kappa shape index (κ1) is 19.3. The zero-order chi connectivity index (χ0) is 17.6. The molecule has 1 aliphatic heterocycles. The van der Waals surface area contributed by atoms with Gasteiger partial charge in [0.15, 0.2) is 0 Å². The molecule has 0 aliphatic carbocycles. The van der Waals surface area contributed by atoms with Crippen molar-refractivity contribution in [3.63, 3.8) is 0 Å². The lowest BCUT2D eigenvalue weighted by atomic mass is 9.93. The van der Waals surface area contributed by atoms with Crippen LogP contribution in [0.5, 0.6) is 5.75 Å². The van der Waals surface area contributed by atoms with E-state index in [0.29, 0.717) is 5.41 Å². The van der Waals surface area contributed by atoms with Crippen LogP contribution in [-0.4, -0.2) is 37.3 Å². The molecule has 2 rings (SSSR count). The Hall–Kier alpha value is -1.02. The quantitative estimate of drug-likeness (QED) is 0.646. The van der Waals surface area contributed by atoms with Gasteiger partial charge in [-0.25, -0.2) is 0 Å². The molecule has 0 spiro atoms. The molecule has 0 radical (unpaired) electrons. The Kier molecular flexibility index (Phi) is 6.74. The second-order valence-electron chi connectivity index (χ2n) is 9.07. The van der Waals surface area contributed by atoms with Crippen molar-refractivity contribution in [1.29, 1.82) is 0 Å². The summed E-state index contributed by atoms with van der Waals surface area (Å²) in [6.45, 7) is 17.4.